The van der Waals surface area contributed by atoms with Gasteiger partial charge in [-0.2, -0.15) is 0 Å². The van der Waals surface area contributed by atoms with Crippen molar-refractivity contribution in [3.63, 3.8) is 0 Å². The third-order valence-electron chi connectivity index (χ3n) is 4.86. The van der Waals surface area contributed by atoms with E-state index in [0.29, 0.717) is 28.1 Å². The van der Waals surface area contributed by atoms with Crippen LogP contribution in [-0.2, 0) is 13.2 Å². The standard InChI is InChI=1S/C21H25ClFNO2.ClH/c1-25-21-12-15(13-24-16-6-3-2-4-7-16)10-11-20(21)26-14-17-18(22)8-5-9-19(17)23;/h5,8-12,16,24H,2-4,6-7,13-14H2,1H3;1H. The van der Waals surface area contributed by atoms with Crippen molar-refractivity contribution in [3.05, 3.63) is 58.4 Å². The van der Waals surface area contributed by atoms with E-state index in [4.69, 9.17) is 21.1 Å². The van der Waals surface area contributed by atoms with Crippen LogP contribution in [0.25, 0.3) is 0 Å². The summed E-state index contributed by atoms with van der Waals surface area (Å²) in [5.41, 5.74) is 1.49. The zero-order chi connectivity index (χ0) is 18.4. The van der Waals surface area contributed by atoms with E-state index in [-0.39, 0.29) is 24.8 Å². The summed E-state index contributed by atoms with van der Waals surface area (Å²) in [6.45, 7) is 0.863. The van der Waals surface area contributed by atoms with Gasteiger partial charge in [0.2, 0.25) is 0 Å². The average molecular weight is 414 g/mol. The molecular formula is C21H26Cl2FNO2. The topological polar surface area (TPSA) is 30.5 Å². The summed E-state index contributed by atoms with van der Waals surface area (Å²) in [4.78, 5) is 0. The van der Waals surface area contributed by atoms with Crippen LogP contribution in [0.4, 0.5) is 4.39 Å². The molecule has 0 saturated heterocycles. The molecule has 27 heavy (non-hydrogen) atoms. The molecule has 1 aliphatic carbocycles. The van der Waals surface area contributed by atoms with Gasteiger partial charge in [-0.3, -0.25) is 0 Å². The van der Waals surface area contributed by atoms with E-state index in [2.05, 4.69) is 5.32 Å². The number of halogens is 3. The smallest absolute Gasteiger partial charge is 0.161 e. The molecule has 6 heteroatoms. The normalized spacial score (nSPS) is 14.5. The maximum atomic E-state index is 13.9. The molecule has 1 aliphatic rings. The first-order chi connectivity index (χ1) is 12.7. The molecule has 1 N–H and O–H groups in total. The highest BCUT2D eigenvalue weighted by molar-refractivity contribution is 6.31. The van der Waals surface area contributed by atoms with E-state index in [1.165, 1.54) is 38.2 Å². The van der Waals surface area contributed by atoms with Gasteiger partial charge >= 0.3 is 0 Å². The first-order valence-corrected chi connectivity index (χ1v) is 9.51. The molecule has 2 aromatic carbocycles. The van der Waals surface area contributed by atoms with E-state index in [1.54, 1.807) is 19.2 Å². The molecule has 1 fully saturated rings. The quantitative estimate of drug-likeness (QED) is 0.611. The Labute approximate surface area is 171 Å². The van der Waals surface area contributed by atoms with E-state index in [9.17, 15) is 4.39 Å². The number of rotatable bonds is 7. The van der Waals surface area contributed by atoms with Crippen LogP contribution in [-0.4, -0.2) is 13.2 Å². The Kier molecular flexibility index (Phi) is 8.68. The summed E-state index contributed by atoms with van der Waals surface area (Å²) < 4.78 is 25.1. The van der Waals surface area contributed by atoms with Gasteiger partial charge in [-0.15, -0.1) is 12.4 Å². The van der Waals surface area contributed by atoms with Gasteiger partial charge in [0.1, 0.15) is 12.4 Å². The number of ether oxygens (including phenoxy) is 2. The van der Waals surface area contributed by atoms with Gasteiger partial charge in [0, 0.05) is 18.2 Å². The van der Waals surface area contributed by atoms with E-state index < -0.39 is 0 Å². The molecule has 0 aromatic heterocycles. The van der Waals surface area contributed by atoms with Gasteiger partial charge in [-0.1, -0.05) is 43.0 Å². The molecule has 0 aliphatic heterocycles. The van der Waals surface area contributed by atoms with Crippen molar-refractivity contribution in [1.82, 2.24) is 5.32 Å². The first-order valence-electron chi connectivity index (χ1n) is 9.13. The molecule has 3 rings (SSSR count). The number of hydrogen-bond donors (Lipinski definition) is 1. The summed E-state index contributed by atoms with van der Waals surface area (Å²) in [5.74, 6) is 0.846. The minimum Gasteiger partial charge on any atom is -0.493 e. The molecule has 3 nitrogen and oxygen atoms in total. The first kappa shape index (κ1) is 21.8. The van der Waals surface area contributed by atoms with Crippen LogP contribution >= 0.6 is 24.0 Å². The average Bonchev–Trinajstić information content (AvgIpc) is 2.67. The monoisotopic (exact) mass is 413 g/mol. The predicted molar refractivity (Wildman–Crippen MR) is 110 cm³/mol. The Bertz CT molecular complexity index is 716. The SMILES string of the molecule is COc1cc(CNC2CCCCC2)ccc1OCc1c(F)cccc1Cl.Cl. The van der Waals surface area contributed by atoms with Crippen molar-refractivity contribution in [2.24, 2.45) is 0 Å². The second-order valence-electron chi connectivity index (χ2n) is 6.69. The minimum atomic E-state index is -0.371. The summed E-state index contributed by atoms with van der Waals surface area (Å²) in [5, 5.41) is 3.98. The molecule has 0 spiro atoms. The molecule has 0 unspecified atom stereocenters. The minimum absolute atomic E-state index is 0. The van der Waals surface area contributed by atoms with E-state index in [0.717, 1.165) is 12.1 Å². The zero-order valence-corrected chi connectivity index (χ0v) is 17.0. The highest BCUT2D eigenvalue weighted by Gasteiger charge is 2.14. The van der Waals surface area contributed by atoms with Crippen molar-refractivity contribution in [3.8, 4) is 11.5 Å². The second kappa shape index (κ2) is 10.7. The van der Waals surface area contributed by atoms with Crippen LogP contribution in [0.5, 0.6) is 11.5 Å². The molecule has 148 valence electrons. The molecular weight excluding hydrogens is 388 g/mol. The maximum absolute atomic E-state index is 13.9. The highest BCUT2D eigenvalue weighted by Crippen LogP contribution is 2.30. The predicted octanol–water partition coefficient (Wildman–Crippen LogP) is 5.91. The Morgan fingerprint density at radius 2 is 1.89 bits per heavy atom. The van der Waals surface area contributed by atoms with E-state index >= 15 is 0 Å². The van der Waals surface area contributed by atoms with Crippen molar-refractivity contribution < 1.29 is 13.9 Å². The molecule has 2 aromatic rings. The Morgan fingerprint density at radius 1 is 1.11 bits per heavy atom. The summed E-state index contributed by atoms with van der Waals surface area (Å²) in [7, 11) is 1.61. The fourth-order valence-corrected chi connectivity index (χ4v) is 3.55. The van der Waals surface area contributed by atoms with Gasteiger partial charge < -0.3 is 14.8 Å². The number of hydrogen-bond acceptors (Lipinski definition) is 3. The summed E-state index contributed by atoms with van der Waals surface area (Å²) >= 11 is 6.05. The molecule has 1 saturated carbocycles. The van der Waals surface area contributed by atoms with E-state index in [1.807, 2.05) is 18.2 Å². The molecule has 0 atom stereocenters. The fraction of sp³-hybridized carbons (Fsp3) is 0.429. The largest absolute Gasteiger partial charge is 0.493 e. The van der Waals surface area contributed by atoms with Gasteiger partial charge in [-0.25, -0.2) is 4.39 Å². The van der Waals surface area contributed by atoms with Crippen molar-refractivity contribution in [2.45, 2.75) is 51.3 Å². The van der Waals surface area contributed by atoms with Crippen LogP contribution in [0.3, 0.4) is 0 Å². The van der Waals surface area contributed by atoms with Crippen LogP contribution in [0.1, 0.15) is 43.2 Å². The molecule has 0 heterocycles. The number of methoxy groups -OCH3 is 1. The number of nitrogens with one attached hydrogen (secondary N) is 1. The fourth-order valence-electron chi connectivity index (χ4n) is 3.33. The maximum Gasteiger partial charge on any atom is 0.161 e. The van der Waals surface area contributed by atoms with Crippen molar-refractivity contribution in [1.29, 1.82) is 0 Å². The molecule has 0 amide bonds. The summed E-state index contributed by atoms with van der Waals surface area (Å²) in [6.07, 6.45) is 6.48. The lowest BCUT2D eigenvalue weighted by atomic mass is 9.95. The number of benzene rings is 2. The van der Waals surface area contributed by atoms with Gasteiger partial charge in [0.05, 0.1) is 12.1 Å². The van der Waals surface area contributed by atoms with Gasteiger partial charge in [0.15, 0.2) is 11.5 Å². The Hall–Kier alpha value is -1.49. The Morgan fingerprint density at radius 3 is 2.59 bits per heavy atom. The second-order valence-corrected chi connectivity index (χ2v) is 7.10. The highest BCUT2D eigenvalue weighted by atomic mass is 35.5. The van der Waals surface area contributed by atoms with Crippen LogP contribution in [0.15, 0.2) is 36.4 Å². The van der Waals surface area contributed by atoms with Crippen LogP contribution in [0, 0.1) is 5.82 Å². The lowest BCUT2D eigenvalue weighted by molar-refractivity contribution is 0.279. The lowest BCUT2D eigenvalue weighted by Gasteiger charge is -2.23. The van der Waals surface area contributed by atoms with Crippen molar-refractivity contribution in [2.75, 3.05) is 7.11 Å². The Balaban J connectivity index is 0.00000261. The third-order valence-corrected chi connectivity index (χ3v) is 5.22. The van der Waals surface area contributed by atoms with Crippen LogP contribution in [0.2, 0.25) is 5.02 Å². The third kappa shape index (κ3) is 6.00. The zero-order valence-electron chi connectivity index (χ0n) is 15.5. The van der Waals surface area contributed by atoms with Gasteiger partial charge in [0.25, 0.3) is 0 Å². The summed E-state index contributed by atoms with van der Waals surface area (Å²) in [6, 6.07) is 11.1. The molecule has 0 bridgehead atoms. The lowest BCUT2D eigenvalue weighted by Crippen LogP contribution is -2.30. The van der Waals surface area contributed by atoms with Crippen LogP contribution < -0.4 is 14.8 Å². The molecule has 0 radical (unpaired) electrons. The van der Waals surface area contributed by atoms with Crippen molar-refractivity contribution >= 4 is 24.0 Å². The van der Waals surface area contributed by atoms with Gasteiger partial charge in [-0.05, 0) is 42.7 Å².